The number of aryl methyl sites for hydroxylation is 1. The molecular weight excluding hydrogens is 232 g/mol. The van der Waals surface area contributed by atoms with Crippen LogP contribution >= 0.6 is 11.3 Å². The van der Waals surface area contributed by atoms with Crippen LogP contribution in [0.25, 0.3) is 0 Å². The van der Waals surface area contributed by atoms with Crippen LogP contribution in [-0.2, 0) is 12.8 Å². The number of thiophene rings is 1. The normalized spacial score (nSPS) is 12.6. The topological polar surface area (TPSA) is 63.8 Å². The number of nitrogens with two attached hydrogens (primary N) is 1. The number of nitrogens with one attached hydrogen (secondary N) is 1. The van der Waals surface area contributed by atoms with Crippen LogP contribution in [0.3, 0.4) is 0 Å². The zero-order chi connectivity index (χ0) is 12.1. The van der Waals surface area contributed by atoms with Crippen LogP contribution in [0.4, 0.5) is 0 Å². The van der Waals surface area contributed by atoms with E-state index in [1.807, 2.05) is 11.3 Å². The quantitative estimate of drug-likeness (QED) is 0.626. The van der Waals surface area contributed by atoms with Crippen molar-refractivity contribution in [3.8, 4) is 0 Å². The van der Waals surface area contributed by atoms with Gasteiger partial charge in [-0.1, -0.05) is 6.92 Å². The average Bonchev–Trinajstić information content (AvgIpc) is 2.84. The Morgan fingerprint density at radius 2 is 2.18 bits per heavy atom. The van der Waals surface area contributed by atoms with E-state index < -0.39 is 0 Å². The molecule has 0 saturated heterocycles. The van der Waals surface area contributed by atoms with Crippen LogP contribution in [0.15, 0.2) is 30.7 Å². The molecular formula is C12H16N4S. The molecule has 0 spiro atoms. The van der Waals surface area contributed by atoms with Crippen molar-refractivity contribution in [2.45, 2.75) is 25.8 Å². The molecule has 2 aromatic heterocycles. The smallest absolute Gasteiger partial charge is 0.0773 e. The minimum atomic E-state index is 0.0204. The van der Waals surface area contributed by atoms with E-state index in [1.54, 1.807) is 18.6 Å². The Balaban J connectivity index is 2.10. The fraction of sp³-hybridized carbons (Fsp3) is 0.333. The highest BCUT2D eigenvalue weighted by atomic mass is 32.1. The maximum Gasteiger partial charge on any atom is 0.0773 e. The molecule has 0 bridgehead atoms. The summed E-state index contributed by atoms with van der Waals surface area (Å²) < 4.78 is 0. The van der Waals surface area contributed by atoms with Gasteiger partial charge in [0, 0.05) is 28.6 Å². The molecule has 2 aromatic rings. The molecule has 3 N–H and O–H groups in total. The van der Waals surface area contributed by atoms with Crippen molar-refractivity contribution in [3.05, 3.63) is 46.2 Å². The molecule has 2 rings (SSSR count). The van der Waals surface area contributed by atoms with Gasteiger partial charge in [-0.05, 0) is 18.6 Å². The van der Waals surface area contributed by atoms with E-state index in [4.69, 9.17) is 5.84 Å². The van der Waals surface area contributed by atoms with E-state index >= 15 is 0 Å². The molecule has 0 aliphatic carbocycles. The maximum atomic E-state index is 5.58. The molecule has 1 atom stereocenters. The van der Waals surface area contributed by atoms with Crippen molar-refractivity contribution in [3.63, 3.8) is 0 Å². The van der Waals surface area contributed by atoms with E-state index in [9.17, 15) is 0 Å². The van der Waals surface area contributed by atoms with Gasteiger partial charge in [-0.25, -0.2) is 0 Å². The summed E-state index contributed by atoms with van der Waals surface area (Å²) in [5.41, 5.74) is 3.67. The molecule has 0 amide bonds. The summed E-state index contributed by atoms with van der Waals surface area (Å²) in [4.78, 5) is 11.0. The minimum Gasteiger partial charge on any atom is -0.271 e. The standard InChI is InChI=1S/C12H16N4S/c1-2-9-3-4-10(17-9)7-11(16-13)12-8-14-5-6-15-12/h3-6,8,11,16H,2,7,13H2,1H3. The van der Waals surface area contributed by atoms with Crippen molar-refractivity contribution < 1.29 is 0 Å². The molecule has 0 aliphatic heterocycles. The number of rotatable bonds is 5. The molecule has 0 radical (unpaired) electrons. The van der Waals surface area contributed by atoms with E-state index in [-0.39, 0.29) is 6.04 Å². The van der Waals surface area contributed by atoms with Gasteiger partial charge in [0.25, 0.3) is 0 Å². The summed E-state index contributed by atoms with van der Waals surface area (Å²) in [5.74, 6) is 5.58. The van der Waals surface area contributed by atoms with Gasteiger partial charge in [0.1, 0.15) is 0 Å². The van der Waals surface area contributed by atoms with E-state index in [2.05, 4.69) is 34.5 Å². The average molecular weight is 248 g/mol. The number of aromatic nitrogens is 2. The monoisotopic (exact) mass is 248 g/mol. The Hall–Kier alpha value is -1.30. The fourth-order valence-electron chi connectivity index (χ4n) is 1.66. The second-order valence-corrected chi connectivity index (χ2v) is 5.03. The van der Waals surface area contributed by atoms with Crippen molar-refractivity contribution in [2.24, 2.45) is 5.84 Å². The summed E-state index contributed by atoms with van der Waals surface area (Å²) in [6, 6.07) is 4.35. The van der Waals surface area contributed by atoms with Gasteiger partial charge in [0.05, 0.1) is 17.9 Å². The summed E-state index contributed by atoms with van der Waals surface area (Å²) >= 11 is 1.83. The first-order valence-electron chi connectivity index (χ1n) is 5.63. The first-order chi connectivity index (χ1) is 8.33. The summed E-state index contributed by atoms with van der Waals surface area (Å²) in [6.45, 7) is 2.16. The largest absolute Gasteiger partial charge is 0.271 e. The van der Waals surface area contributed by atoms with Crippen molar-refractivity contribution >= 4 is 11.3 Å². The highest BCUT2D eigenvalue weighted by Crippen LogP contribution is 2.22. The van der Waals surface area contributed by atoms with Crippen LogP contribution in [0.2, 0.25) is 0 Å². The van der Waals surface area contributed by atoms with Crippen LogP contribution < -0.4 is 11.3 Å². The third kappa shape index (κ3) is 3.09. The van der Waals surface area contributed by atoms with Gasteiger partial charge < -0.3 is 0 Å². The molecule has 0 saturated carbocycles. The van der Waals surface area contributed by atoms with Crippen LogP contribution in [0.5, 0.6) is 0 Å². The zero-order valence-corrected chi connectivity index (χ0v) is 10.6. The number of hydrazine groups is 1. The van der Waals surface area contributed by atoms with Crippen molar-refractivity contribution in [1.82, 2.24) is 15.4 Å². The van der Waals surface area contributed by atoms with Gasteiger partial charge in [0.2, 0.25) is 0 Å². The molecule has 17 heavy (non-hydrogen) atoms. The molecule has 90 valence electrons. The van der Waals surface area contributed by atoms with Crippen LogP contribution in [0, 0.1) is 0 Å². The Morgan fingerprint density at radius 3 is 2.76 bits per heavy atom. The predicted octanol–water partition coefficient (Wildman–Crippen LogP) is 1.85. The Kier molecular flexibility index (Phi) is 4.19. The minimum absolute atomic E-state index is 0.0204. The first-order valence-corrected chi connectivity index (χ1v) is 6.44. The van der Waals surface area contributed by atoms with Gasteiger partial charge in [-0.2, -0.15) is 0 Å². The number of nitrogens with zero attached hydrogens (tertiary/aromatic N) is 2. The molecule has 1 unspecified atom stereocenters. The number of hydrogen-bond donors (Lipinski definition) is 2. The molecule has 5 heteroatoms. The number of hydrogen-bond acceptors (Lipinski definition) is 5. The van der Waals surface area contributed by atoms with Gasteiger partial charge in [0.15, 0.2) is 0 Å². The summed E-state index contributed by atoms with van der Waals surface area (Å²) in [5, 5.41) is 0. The lowest BCUT2D eigenvalue weighted by Crippen LogP contribution is -2.30. The zero-order valence-electron chi connectivity index (χ0n) is 9.76. The lowest BCUT2D eigenvalue weighted by Gasteiger charge is -2.13. The second kappa shape index (κ2) is 5.86. The Bertz CT molecular complexity index is 455. The van der Waals surface area contributed by atoms with Gasteiger partial charge >= 0.3 is 0 Å². The van der Waals surface area contributed by atoms with Crippen LogP contribution in [-0.4, -0.2) is 9.97 Å². The van der Waals surface area contributed by atoms with Crippen LogP contribution in [0.1, 0.15) is 28.4 Å². The van der Waals surface area contributed by atoms with Crippen molar-refractivity contribution in [1.29, 1.82) is 0 Å². The Morgan fingerprint density at radius 1 is 1.35 bits per heavy atom. The first kappa shape index (κ1) is 12.2. The maximum absolute atomic E-state index is 5.58. The summed E-state index contributed by atoms with van der Waals surface area (Å²) in [7, 11) is 0. The molecule has 0 aromatic carbocycles. The predicted molar refractivity (Wildman–Crippen MR) is 69.5 cm³/mol. The lowest BCUT2D eigenvalue weighted by atomic mass is 10.1. The summed E-state index contributed by atoms with van der Waals surface area (Å²) in [6.07, 6.45) is 7.03. The molecule has 4 nitrogen and oxygen atoms in total. The second-order valence-electron chi connectivity index (χ2n) is 3.78. The van der Waals surface area contributed by atoms with E-state index in [1.165, 1.54) is 9.75 Å². The fourth-order valence-corrected chi connectivity index (χ4v) is 2.67. The molecule has 0 fully saturated rings. The van der Waals surface area contributed by atoms with Crippen molar-refractivity contribution in [2.75, 3.05) is 0 Å². The highest BCUT2D eigenvalue weighted by Gasteiger charge is 2.13. The Labute approximate surface area is 105 Å². The van der Waals surface area contributed by atoms with E-state index in [0.29, 0.717) is 0 Å². The molecule has 0 aliphatic rings. The lowest BCUT2D eigenvalue weighted by molar-refractivity contribution is 0.539. The molecule has 2 heterocycles. The third-order valence-corrected chi connectivity index (χ3v) is 3.86. The SMILES string of the molecule is CCc1ccc(CC(NN)c2cnccn2)s1. The van der Waals surface area contributed by atoms with Gasteiger partial charge in [-0.15, -0.1) is 11.3 Å². The third-order valence-electron chi connectivity index (χ3n) is 2.61. The highest BCUT2D eigenvalue weighted by molar-refractivity contribution is 7.11. The van der Waals surface area contributed by atoms with Gasteiger partial charge in [-0.3, -0.25) is 21.2 Å². The van der Waals surface area contributed by atoms with E-state index in [0.717, 1.165) is 18.5 Å².